The summed E-state index contributed by atoms with van der Waals surface area (Å²) in [5, 5.41) is 9.90. The van der Waals surface area contributed by atoms with Gasteiger partial charge in [0.15, 0.2) is 7.14 Å². The third-order valence-corrected chi connectivity index (χ3v) is 12.0. The lowest BCUT2D eigenvalue weighted by Gasteiger charge is -2.17. The molecular weight excluding hydrogens is 517 g/mol. The molecule has 0 radical (unpaired) electrons. The number of benzene rings is 7. The molecule has 41 heavy (non-hydrogen) atoms. The number of para-hydroxylation sites is 1. The van der Waals surface area contributed by atoms with Gasteiger partial charge in [0, 0.05) is 32.1 Å². The predicted octanol–water partition coefficient (Wildman–Crippen LogP) is 8.71. The predicted molar refractivity (Wildman–Crippen MR) is 174 cm³/mol. The molecule has 2 heterocycles. The van der Waals surface area contributed by atoms with Crippen LogP contribution in [0.1, 0.15) is 0 Å². The first-order chi connectivity index (χ1) is 20.2. The van der Waals surface area contributed by atoms with Crippen LogP contribution in [0.3, 0.4) is 0 Å². The average molecular weight is 542 g/mol. The lowest BCUT2D eigenvalue weighted by molar-refractivity contribution is 0.593. The highest BCUT2D eigenvalue weighted by molar-refractivity contribution is 7.86. The Morgan fingerprint density at radius 2 is 1.20 bits per heavy atom. The van der Waals surface area contributed by atoms with Gasteiger partial charge in [0.25, 0.3) is 0 Å². The summed E-state index contributed by atoms with van der Waals surface area (Å²) in [6, 6.07) is 50.9. The molecule has 0 bridgehead atoms. The van der Waals surface area contributed by atoms with Crippen LogP contribution in [0.2, 0.25) is 0 Å². The number of hydrogen-bond acceptors (Lipinski definition) is 1. The fourth-order valence-electron chi connectivity index (χ4n) is 7.07. The van der Waals surface area contributed by atoms with E-state index in [2.05, 4.69) is 114 Å². The summed E-state index contributed by atoms with van der Waals surface area (Å²) in [5.74, 6) is 0. The molecule has 9 rings (SSSR count). The molecule has 2 nitrogen and oxygen atoms in total. The molecule has 0 saturated heterocycles. The van der Waals surface area contributed by atoms with Crippen LogP contribution in [0.5, 0.6) is 0 Å². The largest absolute Gasteiger partial charge is 0.309 e. The number of rotatable bonds is 2. The maximum Gasteiger partial charge on any atom is 0.172 e. The van der Waals surface area contributed by atoms with E-state index in [4.69, 9.17) is 0 Å². The molecule has 7 aromatic carbocycles. The van der Waals surface area contributed by atoms with Crippen molar-refractivity contribution in [2.24, 2.45) is 0 Å². The zero-order valence-electron chi connectivity index (χ0n) is 22.2. The summed E-state index contributed by atoms with van der Waals surface area (Å²) in [6.07, 6.45) is 0. The van der Waals surface area contributed by atoms with Crippen LogP contribution in [0, 0.1) is 0 Å². The van der Waals surface area contributed by atoms with E-state index in [1.54, 1.807) is 0 Å². The first-order valence-corrected chi connectivity index (χ1v) is 15.7. The SMILES string of the molecule is O=P1(c2ccccc2)c2ccccc2-c2ccc3c(c21)c1ccccc1n3-c1cccc2c1ccc1ccccc12. The highest BCUT2D eigenvalue weighted by Gasteiger charge is 2.42. The summed E-state index contributed by atoms with van der Waals surface area (Å²) in [7, 11) is -3.12. The van der Waals surface area contributed by atoms with Crippen LogP contribution < -0.4 is 15.9 Å². The van der Waals surface area contributed by atoms with E-state index >= 15 is 4.57 Å². The Balaban J connectivity index is 1.46. The highest BCUT2D eigenvalue weighted by Crippen LogP contribution is 2.55. The lowest BCUT2D eigenvalue weighted by Crippen LogP contribution is -2.21. The second-order valence-corrected chi connectivity index (χ2v) is 13.5. The van der Waals surface area contributed by atoms with Crippen LogP contribution >= 0.6 is 7.14 Å². The maximum absolute atomic E-state index is 15.6. The van der Waals surface area contributed by atoms with Crippen LogP contribution in [-0.2, 0) is 4.57 Å². The van der Waals surface area contributed by atoms with Gasteiger partial charge in [0.05, 0.1) is 16.7 Å². The van der Waals surface area contributed by atoms with Crippen molar-refractivity contribution in [3.05, 3.63) is 146 Å². The molecule has 0 spiro atoms. The molecular formula is C38H24NOP. The second kappa shape index (κ2) is 8.30. The minimum atomic E-state index is -3.12. The Morgan fingerprint density at radius 3 is 2.10 bits per heavy atom. The van der Waals surface area contributed by atoms with Gasteiger partial charge in [-0.1, -0.05) is 127 Å². The first-order valence-electron chi connectivity index (χ1n) is 14.0. The van der Waals surface area contributed by atoms with Crippen molar-refractivity contribution in [2.75, 3.05) is 0 Å². The number of aromatic nitrogens is 1. The van der Waals surface area contributed by atoms with Crippen molar-refractivity contribution in [3.8, 4) is 16.8 Å². The van der Waals surface area contributed by atoms with Gasteiger partial charge in [-0.3, -0.25) is 0 Å². The van der Waals surface area contributed by atoms with Crippen molar-refractivity contribution >= 4 is 66.4 Å². The van der Waals surface area contributed by atoms with Gasteiger partial charge in [0.1, 0.15) is 0 Å². The fraction of sp³-hybridized carbons (Fsp3) is 0. The fourth-order valence-corrected chi connectivity index (χ4v) is 10.4. The summed E-state index contributed by atoms with van der Waals surface area (Å²) in [4.78, 5) is 0. The van der Waals surface area contributed by atoms with Gasteiger partial charge < -0.3 is 9.13 Å². The standard InChI is InChI=1S/C38H24NOP/c40-41(26-12-2-1-3-13-26)36-20-9-7-15-30(36)31-23-24-35-37(38(31)41)32-16-6-8-18-34(32)39(35)33-19-10-17-28-27-14-5-4-11-25(27)21-22-29(28)33/h1-24H. The smallest absolute Gasteiger partial charge is 0.172 e. The minimum Gasteiger partial charge on any atom is -0.309 e. The molecule has 1 aliphatic rings. The lowest BCUT2D eigenvalue weighted by atomic mass is 10.0. The first kappa shape index (κ1) is 22.9. The monoisotopic (exact) mass is 541 g/mol. The Hall–Kier alpha value is -4.91. The minimum absolute atomic E-state index is 0.882. The van der Waals surface area contributed by atoms with Crippen LogP contribution in [0.4, 0.5) is 0 Å². The number of nitrogens with zero attached hydrogens (tertiary/aromatic N) is 1. The van der Waals surface area contributed by atoms with Crippen molar-refractivity contribution in [3.63, 3.8) is 0 Å². The molecule has 1 unspecified atom stereocenters. The second-order valence-electron chi connectivity index (χ2n) is 10.8. The van der Waals surface area contributed by atoms with E-state index in [-0.39, 0.29) is 0 Å². The molecule has 1 aromatic heterocycles. The van der Waals surface area contributed by atoms with Crippen molar-refractivity contribution in [2.45, 2.75) is 0 Å². The molecule has 1 aliphatic heterocycles. The van der Waals surface area contributed by atoms with E-state index in [1.165, 1.54) is 21.5 Å². The van der Waals surface area contributed by atoms with Gasteiger partial charge >= 0.3 is 0 Å². The van der Waals surface area contributed by atoms with Crippen molar-refractivity contribution in [1.29, 1.82) is 0 Å². The van der Waals surface area contributed by atoms with E-state index in [9.17, 15) is 0 Å². The zero-order chi connectivity index (χ0) is 27.1. The third kappa shape index (κ3) is 2.95. The van der Waals surface area contributed by atoms with Gasteiger partial charge in [-0.05, 0) is 45.5 Å². The Kier molecular flexibility index (Phi) is 4.63. The normalized spacial score (nSPS) is 16.0. The number of fused-ring (bicyclic) bond motifs is 10. The topological polar surface area (TPSA) is 22.0 Å². The average Bonchev–Trinajstić information content (AvgIpc) is 3.51. The van der Waals surface area contributed by atoms with Gasteiger partial charge in [-0.25, -0.2) is 0 Å². The summed E-state index contributed by atoms with van der Waals surface area (Å²) < 4.78 is 18.0. The van der Waals surface area contributed by atoms with Gasteiger partial charge in [0.2, 0.25) is 0 Å². The summed E-state index contributed by atoms with van der Waals surface area (Å²) in [5.41, 5.74) is 5.48. The van der Waals surface area contributed by atoms with Gasteiger partial charge in [-0.15, -0.1) is 0 Å². The Bertz CT molecular complexity index is 2400. The third-order valence-electron chi connectivity index (χ3n) is 8.78. The van der Waals surface area contributed by atoms with Crippen LogP contribution in [0.25, 0.3) is 60.2 Å². The van der Waals surface area contributed by atoms with Crippen molar-refractivity contribution in [1.82, 2.24) is 4.57 Å². The molecule has 0 N–H and O–H groups in total. The number of hydrogen-bond donors (Lipinski definition) is 0. The molecule has 1 atom stereocenters. The zero-order valence-corrected chi connectivity index (χ0v) is 23.1. The van der Waals surface area contributed by atoms with Crippen molar-refractivity contribution < 1.29 is 4.57 Å². The highest BCUT2D eigenvalue weighted by atomic mass is 31.2. The molecule has 0 amide bonds. The van der Waals surface area contributed by atoms with E-state index < -0.39 is 7.14 Å². The summed E-state index contributed by atoms with van der Waals surface area (Å²) in [6.45, 7) is 0. The van der Waals surface area contributed by atoms with E-state index in [0.29, 0.717) is 0 Å². The van der Waals surface area contributed by atoms with E-state index in [0.717, 1.165) is 54.5 Å². The Labute approximate surface area is 237 Å². The summed E-state index contributed by atoms with van der Waals surface area (Å²) >= 11 is 0. The van der Waals surface area contributed by atoms with Gasteiger partial charge in [-0.2, -0.15) is 0 Å². The van der Waals surface area contributed by atoms with Crippen LogP contribution in [-0.4, -0.2) is 4.57 Å². The molecule has 0 fully saturated rings. The van der Waals surface area contributed by atoms with E-state index in [1.807, 2.05) is 36.4 Å². The molecule has 8 aromatic rings. The molecule has 3 heteroatoms. The molecule has 0 saturated carbocycles. The molecule has 192 valence electrons. The quantitative estimate of drug-likeness (QED) is 0.158. The van der Waals surface area contributed by atoms with Crippen LogP contribution in [0.15, 0.2) is 146 Å². The molecule has 0 aliphatic carbocycles. The Morgan fingerprint density at radius 1 is 0.463 bits per heavy atom. The maximum atomic E-state index is 15.6.